The first kappa shape index (κ1) is 20.3. The van der Waals surface area contributed by atoms with Crippen molar-refractivity contribution in [3.63, 3.8) is 0 Å². The minimum Gasteiger partial charge on any atom is -0.348 e. The highest BCUT2D eigenvalue weighted by Gasteiger charge is 2.39. The summed E-state index contributed by atoms with van der Waals surface area (Å²) in [6, 6.07) is 8.53. The molecule has 8 nitrogen and oxygen atoms in total. The number of sulfonamides is 1. The van der Waals surface area contributed by atoms with Gasteiger partial charge in [0.25, 0.3) is 10.0 Å². The summed E-state index contributed by atoms with van der Waals surface area (Å²) >= 11 is 0. The van der Waals surface area contributed by atoms with Gasteiger partial charge in [-0.1, -0.05) is 18.2 Å². The fourth-order valence-corrected chi connectivity index (χ4v) is 4.73. The van der Waals surface area contributed by atoms with Crippen molar-refractivity contribution < 1.29 is 25.3 Å². The molecule has 0 aromatic heterocycles. The number of hydrogen-bond donors (Lipinski definition) is 2. The van der Waals surface area contributed by atoms with Crippen molar-refractivity contribution in [1.82, 2.24) is 9.62 Å². The fraction of sp³-hybridized carbons (Fsp3) is 0.211. The fourth-order valence-electron chi connectivity index (χ4n) is 3.09. The highest BCUT2D eigenvalue weighted by atomic mass is 32.2. The van der Waals surface area contributed by atoms with Gasteiger partial charge in [0.2, 0.25) is 5.91 Å². The van der Waals surface area contributed by atoms with Gasteiger partial charge in [0, 0.05) is 8.42 Å². The van der Waals surface area contributed by atoms with E-state index in [1.807, 2.05) is 6.07 Å². The van der Waals surface area contributed by atoms with Crippen LogP contribution in [-0.4, -0.2) is 31.2 Å². The van der Waals surface area contributed by atoms with E-state index in [0.717, 1.165) is 6.07 Å². The Kier molecular flexibility index (Phi) is 5.26. The molecule has 1 heterocycles. The molecule has 0 unspecified atom stereocenters. The van der Waals surface area contributed by atoms with E-state index in [-0.39, 0.29) is 24.6 Å². The van der Waals surface area contributed by atoms with Crippen molar-refractivity contribution in [1.29, 1.82) is 5.26 Å². The summed E-state index contributed by atoms with van der Waals surface area (Å²) in [5, 5.41) is 13.7. The van der Waals surface area contributed by atoms with Crippen molar-refractivity contribution in [2.75, 3.05) is 11.9 Å². The molecule has 3 amide bonds. The first-order valence-corrected chi connectivity index (χ1v) is 10.0. The Bertz CT molecular complexity index is 1170. The number of nitriles is 1. The summed E-state index contributed by atoms with van der Waals surface area (Å²) in [6.45, 7) is 2.33. The minimum atomic E-state index is -4.23. The number of carbonyl (C=O) groups is 2. The van der Waals surface area contributed by atoms with E-state index in [1.54, 1.807) is 19.1 Å². The van der Waals surface area contributed by atoms with Crippen molar-refractivity contribution in [2.45, 2.75) is 24.8 Å². The van der Waals surface area contributed by atoms with Gasteiger partial charge in [-0.05, 0) is 37.6 Å². The number of fused-ring (bicyclic) bond motifs is 1. The molecule has 0 aliphatic carbocycles. The third-order valence-corrected chi connectivity index (χ3v) is 6.42. The molecule has 0 radical (unpaired) electrons. The van der Waals surface area contributed by atoms with Crippen LogP contribution in [0, 0.1) is 24.1 Å². The van der Waals surface area contributed by atoms with Crippen LogP contribution in [0.3, 0.4) is 0 Å². The Morgan fingerprint density at radius 1 is 1.38 bits per heavy atom. The standard InChI is InChI=1S/C19H17FN4O4S.2H2/c1-11-4-3-5-16-18(11)29(27,28)24(19(26)23-16)10-17(25)22-12(2)14-7-6-13(9-21)8-15(14)20;;/h3-8,12H,10H2,1-2H3,(H,22,25)(H,23,26);2*1H/t12-;;/m0../s1. The summed E-state index contributed by atoms with van der Waals surface area (Å²) in [4.78, 5) is 24.6. The number of aryl methyl sites for hydroxylation is 1. The van der Waals surface area contributed by atoms with Crippen molar-refractivity contribution >= 4 is 27.6 Å². The largest absolute Gasteiger partial charge is 0.348 e. The molecule has 1 aliphatic rings. The maximum atomic E-state index is 14.1. The van der Waals surface area contributed by atoms with E-state index in [2.05, 4.69) is 10.6 Å². The summed E-state index contributed by atoms with van der Waals surface area (Å²) in [5.74, 6) is -1.46. The first-order valence-electron chi connectivity index (χ1n) is 8.57. The van der Waals surface area contributed by atoms with Gasteiger partial charge in [-0.3, -0.25) is 4.79 Å². The van der Waals surface area contributed by atoms with Crippen LogP contribution in [0.5, 0.6) is 0 Å². The number of hydrogen-bond acceptors (Lipinski definition) is 5. The lowest BCUT2D eigenvalue weighted by Gasteiger charge is -2.29. The minimum absolute atomic E-state index is 0. The predicted molar refractivity (Wildman–Crippen MR) is 106 cm³/mol. The van der Waals surface area contributed by atoms with Crippen LogP contribution in [0.25, 0.3) is 0 Å². The van der Waals surface area contributed by atoms with E-state index < -0.39 is 40.4 Å². The zero-order valence-corrected chi connectivity index (χ0v) is 16.4. The van der Waals surface area contributed by atoms with Crippen molar-refractivity contribution in [2.24, 2.45) is 0 Å². The zero-order chi connectivity index (χ0) is 21.3. The summed E-state index contributed by atoms with van der Waals surface area (Å²) in [5.41, 5.74) is 0.847. The number of nitrogens with zero attached hydrogens (tertiary/aromatic N) is 2. The quantitative estimate of drug-likeness (QED) is 0.788. The average Bonchev–Trinajstić information content (AvgIpc) is 2.64. The first-order chi connectivity index (χ1) is 13.6. The monoisotopic (exact) mass is 420 g/mol. The lowest BCUT2D eigenvalue weighted by atomic mass is 10.1. The van der Waals surface area contributed by atoms with E-state index in [4.69, 9.17) is 5.26 Å². The molecular formula is C19H21FN4O4S. The van der Waals surface area contributed by atoms with E-state index in [0.29, 0.717) is 9.87 Å². The lowest BCUT2D eigenvalue weighted by Crippen LogP contribution is -2.49. The summed E-state index contributed by atoms with van der Waals surface area (Å²) in [6.07, 6.45) is 0. The average molecular weight is 420 g/mol. The summed E-state index contributed by atoms with van der Waals surface area (Å²) in [7, 11) is -4.23. The molecule has 154 valence electrons. The smallest absolute Gasteiger partial charge is 0.336 e. The maximum absolute atomic E-state index is 14.1. The highest BCUT2D eigenvalue weighted by molar-refractivity contribution is 7.90. The maximum Gasteiger partial charge on any atom is 0.336 e. The molecule has 29 heavy (non-hydrogen) atoms. The molecule has 3 rings (SSSR count). The second-order valence-electron chi connectivity index (χ2n) is 6.53. The molecule has 2 aromatic rings. The molecule has 0 saturated carbocycles. The number of urea groups is 1. The Morgan fingerprint density at radius 3 is 2.76 bits per heavy atom. The molecular weight excluding hydrogens is 399 g/mol. The van der Waals surface area contributed by atoms with E-state index in [9.17, 15) is 22.4 Å². The van der Waals surface area contributed by atoms with E-state index in [1.165, 1.54) is 25.1 Å². The molecule has 1 atom stereocenters. The normalized spacial score (nSPS) is 15.7. The van der Waals surface area contributed by atoms with Crippen LogP contribution < -0.4 is 10.6 Å². The topological polar surface area (TPSA) is 119 Å². The number of rotatable bonds is 4. The zero-order valence-electron chi connectivity index (χ0n) is 15.6. The highest BCUT2D eigenvalue weighted by Crippen LogP contribution is 2.32. The third-order valence-electron chi connectivity index (χ3n) is 4.49. The van der Waals surface area contributed by atoms with Gasteiger partial charge in [0.1, 0.15) is 17.3 Å². The molecule has 10 heteroatoms. The van der Waals surface area contributed by atoms with Crippen molar-refractivity contribution in [3.8, 4) is 6.07 Å². The van der Waals surface area contributed by atoms with Crippen LogP contribution in [-0.2, 0) is 14.8 Å². The molecule has 0 spiro atoms. The molecule has 1 aliphatic heterocycles. The molecule has 2 aromatic carbocycles. The number of carbonyl (C=O) groups excluding carboxylic acids is 2. The Balaban J connectivity index is 0.00000240. The van der Waals surface area contributed by atoms with Crippen LogP contribution >= 0.6 is 0 Å². The van der Waals surface area contributed by atoms with Crippen LogP contribution in [0.1, 0.15) is 32.5 Å². The number of nitrogens with one attached hydrogen (secondary N) is 2. The number of benzene rings is 2. The van der Waals surface area contributed by atoms with Gasteiger partial charge in [-0.2, -0.15) is 5.26 Å². The number of halogens is 1. The Hall–Kier alpha value is -3.45. The Morgan fingerprint density at radius 2 is 2.10 bits per heavy atom. The molecule has 2 N–H and O–H groups in total. The second kappa shape index (κ2) is 7.52. The SMILES string of the molecule is Cc1cccc2c1S(=O)(=O)N(CC(=O)N[C@@H](C)c1ccc(C#N)cc1F)C(=O)N2.[HH].[HH]. The van der Waals surface area contributed by atoms with Gasteiger partial charge in [-0.15, -0.1) is 0 Å². The second-order valence-corrected chi connectivity index (χ2v) is 8.33. The van der Waals surface area contributed by atoms with Gasteiger partial charge in [-0.25, -0.2) is 21.9 Å². The summed E-state index contributed by atoms with van der Waals surface area (Å²) < 4.78 is 40.3. The predicted octanol–water partition coefficient (Wildman–Crippen LogP) is 2.91. The molecule has 0 bridgehead atoms. The van der Waals surface area contributed by atoms with Crippen molar-refractivity contribution in [3.05, 3.63) is 58.9 Å². The molecule has 0 fully saturated rings. The third kappa shape index (κ3) is 3.77. The Labute approximate surface area is 170 Å². The van der Waals surface area contributed by atoms with Gasteiger partial charge in [0.05, 0.1) is 23.4 Å². The van der Waals surface area contributed by atoms with Crippen LogP contribution in [0.15, 0.2) is 41.3 Å². The van der Waals surface area contributed by atoms with Crippen LogP contribution in [0.2, 0.25) is 0 Å². The van der Waals surface area contributed by atoms with Gasteiger partial charge >= 0.3 is 6.03 Å². The van der Waals surface area contributed by atoms with E-state index >= 15 is 0 Å². The van der Waals surface area contributed by atoms with Crippen LogP contribution in [0.4, 0.5) is 14.9 Å². The lowest BCUT2D eigenvalue weighted by molar-refractivity contribution is -0.121. The molecule has 0 saturated heterocycles. The van der Waals surface area contributed by atoms with Gasteiger partial charge in [0.15, 0.2) is 0 Å². The number of amides is 3. The number of anilines is 1. The van der Waals surface area contributed by atoms with Gasteiger partial charge < -0.3 is 10.6 Å².